The number of aliphatic hydroxyl groups is 1. The summed E-state index contributed by atoms with van der Waals surface area (Å²) in [7, 11) is 0. The fourth-order valence-corrected chi connectivity index (χ4v) is 2.53. The normalized spacial score (nSPS) is 20.4. The lowest BCUT2D eigenvalue weighted by Gasteiger charge is -2.23. The summed E-state index contributed by atoms with van der Waals surface area (Å²) in [5, 5.41) is 12.6. The molecule has 104 valence electrons. The molecule has 1 fully saturated rings. The molecule has 0 aliphatic carbocycles. The second-order valence-electron chi connectivity index (χ2n) is 5.01. The van der Waals surface area contributed by atoms with Gasteiger partial charge in [-0.2, -0.15) is 0 Å². The molecule has 5 heteroatoms. The SMILES string of the molecule is CC(=O)NC1CCN(c2ccc(F)cc2C(C)O)C1. The summed E-state index contributed by atoms with van der Waals surface area (Å²) in [5.41, 5.74) is 1.42. The maximum absolute atomic E-state index is 13.3. The van der Waals surface area contributed by atoms with Gasteiger partial charge in [0.2, 0.25) is 5.91 Å². The first kappa shape index (κ1) is 13.8. The summed E-state index contributed by atoms with van der Waals surface area (Å²) in [6, 6.07) is 4.57. The van der Waals surface area contributed by atoms with Gasteiger partial charge in [0.05, 0.1) is 6.10 Å². The van der Waals surface area contributed by atoms with Crippen LogP contribution in [0.15, 0.2) is 18.2 Å². The first-order valence-electron chi connectivity index (χ1n) is 6.47. The van der Waals surface area contributed by atoms with E-state index in [0.717, 1.165) is 18.7 Å². The predicted octanol–water partition coefficient (Wildman–Crippen LogP) is 1.59. The van der Waals surface area contributed by atoms with Gasteiger partial charge in [0.15, 0.2) is 0 Å². The molecule has 19 heavy (non-hydrogen) atoms. The summed E-state index contributed by atoms with van der Waals surface area (Å²) in [4.78, 5) is 13.1. The Morgan fingerprint density at radius 2 is 2.32 bits per heavy atom. The van der Waals surface area contributed by atoms with Crippen LogP contribution in [0.4, 0.5) is 10.1 Å². The van der Waals surface area contributed by atoms with Crippen LogP contribution >= 0.6 is 0 Å². The molecule has 1 aromatic carbocycles. The van der Waals surface area contributed by atoms with Crippen LogP contribution in [0.1, 0.15) is 31.9 Å². The van der Waals surface area contributed by atoms with Crippen molar-refractivity contribution in [3.05, 3.63) is 29.6 Å². The summed E-state index contributed by atoms with van der Waals surface area (Å²) in [6.07, 6.45) is 0.140. The molecule has 1 aromatic rings. The van der Waals surface area contributed by atoms with E-state index >= 15 is 0 Å². The van der Waals surface area contributed by atoms with Gasteiger partial charge in [0, 0.05) is 37.3 Å². The van der Waals surface area contributed by atoms with E-state index in [1.54, 1.807) is 13.0 Å². The third kappa shape index (κ3) is 3.23. The van der Waals surface area contributed by atoms with Crippen LogP contribution in [0.3, 0.4) is 0 Å². The third-order valence-electron chi connectivity index (χ3n) is 3.38. The van der Waals surface area contributed by atoms with Crippen LogP contribution in [-0.4, -0.2) is 30.1 Å². The van der Waals surface area contributed by atoms with Crippen LogP contribution < -0.4 is 10.2 Å². The number of hydrogen-bond donors (Lipinski definition) is 2. The zero-order chi connectivity index (χ0) is 14.0. The van der Waals surface area contributed by atoms with Gasteiger partial charge in [-0.15, -0.1) is 0 Å². The zero-order valence-corrected chi connectivity index (χ0v) is 11.2. The smallest absolute Gasteiger partial charge is 0.217 e. The minimum atomic E-state index is -0.717. The van der Waals surface area contributed by atoms with Crippen molar-refractivity contribution in [1.29, 1.82) is 0 Å². The molecule has 2 rings (SSSR count). The number of carbonyl (C=O) groups is 1. The molecule has 0 aromatic heterocycles. The van der Waals surface area contributed by atoms with E-state index in [4.69, 9.17) is 0 Å². The quantitative estimate of drug-likeness (QED) is 0.873. The number of amides is 1. The molecule has 2 N–H and O–H groups in total. The van der Waals surface area contributed by atoms with Crippen LogP contribution in [0.5, 0.6) is 0 Å². The monoisotopic (exact) mass is 266 g/mol. The maximum Gasteiger partial charge on any atom is 0.217 e. The minimum absolute atomic E-state index is 0.0401. The van der Waals surface area contributed by atoms with Crippen molar-refractivity contribution in [2.75, 3.05) is 18.0 Å². The van der Waals surface area contributed by atoms with Crippen LogP contribution in [0.2, 0.25) is 0 Å². The lowest BCUT2D eigenvalue weighted by molar-refractivity contribution is -0.119. The summed E-state index contributed by atoms with van der Waals surface area (Å²) in [6.45, 7) is 4.60. The number of carbonyl (C=O) groups excluding carboxylic acids is 1. The lowest BCUT2D eigenvalue weighted by atomic mass is 10.1. The van der Waals surface area contributed by atoms with Crippen LogP contribution in [0, 0.1) is 5.82 Å². The predicted molar refractivity (Wildman–Crippen MR) is 71.5 cm³/mol. The van der Waals surface area contributed by atoms with Crippen LogP contribution in [0.25, 0.3) is 0 Å². The molecule has 1 heterocycles. The Balaban J connectivity index is 2.17. The van der Waals surface area contributed by atoms with Crippen LogP contribution in [-0.2, 0) is 4.79 Å². The highest BCUT2D eigenvalue weighted by molar-refractivity contribution is 5.73. The number of aliphatic hydroxyl groups excluding tert-OH is 1. The number of benzene rings is 1. The minimum Gasteiger partial charge on any atom is -0.389 e. The zero-order valence-electron chi connectivity index (χ0n) is 11.2. The Kier molecular flexibility index (Phi) is 4.04. The van der Waals surface area contributed by atoms with Gasteiger partial charge in [-0.3, -0.25) is 4.79 Å². The molecule has 0 spiro atoms. The molecule has 1 aliphatic rings. The van der Waals surface area contributed by atoms with Crippen molar-refractivity contribution < 1.29 is 14.3 Å². The van der Waals surface area contributed by atoms with E-state index in [9.17, 15) is 14.3 Å². The number of rotatable bonds is 3. The molecule has 0 radical (unpaired) electrons. The van der Waals surface area contributed by atoms with E-state index in [0.29, 0.717) is 12.1 Å². The summed E-state index contributed by atoms with van der Waals surface area (Å²) < 4.78 is 13.3. The molecule has 0 saturated carbocycles. The highest BCUT2D eigenvalue weighted by atomic mass is 19.1. The second-order valence-corrected chi connectivity index (χ2v) is 5.01. The van der Waals surface area contributed by atoms with E-state index < -0.39 is 6.10 Å². The van der Waals surface area contributed by atoms with Gasteiger partial charge in [-0.1, -0.05) is 0 Å². The van der Waals surface area contributed by atoms with E-state index in [-0.39, 0.29) is 17.8 Å². The standard InChI is InChI=1S/C14H19FN2O2/c1-9(18)13-7-11(15)3-4-14(13)17-6-5-12(8-17)16-10(2)19/h3-4,7,9,12,18H,5-6,8H2,1-2H3,(H,16,19). The Hall–Kier alpha value is -1.62. The first-order valence-corrected chi connectivity index (χ1v) is 6.47. The molecule has 2 atom stereocenters. The largest absolute Gasteiger partial charge is 0.389 e. The number of nitrogens with one attached hydrogen (secondary N) is 1. The molecule has 0 bridgehead atoms. The Labute approximate surface area is 112 Å². The number of halogens is 1. The number of anilines is 1. The fraction of sp³-hybridized carbons (Fsp3) is 0.500. The van der Waals surface area contributed by atoms with Gasteiger partial charge in [0.25, 0.3) is 0 Å². The van der Waals surface area contributed by atoms with Crippen molar-refractivity contribution in [3.8, 4) is 0 Å². The number of nitrogens with zero attached hydrogens (tertiary/aromatic N) is 1. The first-order chi connectivity index (χ1) is 8.97. The van der Waals surface area contributed by atoms with E-state index in [1.165, 1.54) is 19.1 Å². The Morgan fingerprint density at radius 1 is 1.58 bits per heavy atom. The Bertz CT molecular complexity index is 477. The molecule has 2 unspecified atom stereocenters. The molecule has 1 amide bonds. The topological polar surface area (TPSA) is 52.6 Å². The molecule has 1 saturated heterocycles. The van der Waals surface area contributed by atoms with Crippen molar-refractivity contribution in [3.63, 3.8) is 0 Å². The van der Waals surface area contributed by atoms with Crippen molar-refractivity contribution in [2.24, 2.45) is 0 Å². The number of hydrogen-bond acceptors (Lipinski definition) is 3. The van der Waals surface area contributed by atoms with E-state index in [2.05, 4.69) is 10.2 Å². The fourth-order valence-electron chi connectivity index (χ4n) is 2.53. The van der Waals surface area contributed by atoms with Gasteiger partial charge in [0.1, 0.15) is 5.82 Å². The summed E-state index contributed by atoms with van der Waals surface area (Å²) in [5.74, 6) is -0.390. The van der Waals surface area contributed by atoms with Gasteiger partial charge >= 0.3 is 0 Å². The lowest BCUT2D eigenvalue weighted by Crippen LogP contribution is -2.35. The second kappa shape index (κ2) is 5.57. The van der Waals surface area contributed by atoms with Crippen molar-refractivity contribution >= 4 is 11.6 Å². The van der Waals surface area contributed by atoms with Gasteiger partial charge in [-0.25, -0.2) is 4.39 Å². The van der Waals surface area contributed by atoms with Crippen molar-refractivity contribution in [2.45, 2.75) is 32.4 Å². The molecular formula is C14H19FN2O2. The average Bonchev–Trinajstić information content (AvgIpc) is 2.76. The van der Waals surface area contributed by atoms with E-state index in [1.807, 2.05) is 0 Å². The summed E-state index contributed by atoms with van der Waals surface area (Å²) >= 11 is 0. The molecule has 4 nitrogen and oxygen atoms in total. The molecular weight excluding hydrogens is 247 g/mol. The van der Waals surface area contributed by atoms with Crippen molar-refractivity contribution in [1.82, 2.24) is 5.32 Å². The van der Waals surface area contributed by atoms with Gasteiger partial charge < -0.3 is 15.3 Å². The maximum atomic E-state index is 13.3. The highest BCUT2D eigenvalue weighted by Gasteiger charge is 2.25. The Morgan fingerprint density at radius 3 is 2.95 bits per heavy atom. The third-order valence-corrected chi connectivity index (χ3v) is 3.38. The average molecular weight is 266 g/mol. The van der Waals surface area contributed by atoms with Gasteiger partial charge in [-0.05, 0) is 31.5 Å². The highest BCUT2D eigenvalue weighted by Crippen LogP contribution is 2.29. The molecule has 1 aliphatic heterocycles.